The van der Waals surface area contributed by atoms with Crippen molar-refractivity contribution in [1.82, 2.24) is 14.5 Å². The second kappa shape index (κ2) is 4.60. The van der Waals surface area contributed by atoms with Crippen LogP contribution in [0.2, 0.25) is 0 Å². The zero-order chi connectivity index (χ0) is 14.4. The van der Waals surface area contributed by atoms with Gasteiger partial charge < -0.3 is 19.8 Å². The molecule has 0 amide bonds. The Balaban J connectivity index is 2.11. The van der Waals surface area contributed by atoms with E-state index in [1.54, 1.807) is 0 Å². The largest absolute Gasteiger partial charge is 0.491 e. The lowest BCUT2D eigenvalue weighted by molar-refractivity contribution is 0.125. The van der Waals surface area contributed by atoms with Crippen molar-refractivity contribution in [3.05, 3.63) is 24.0 Å². The zero-order valence-corrected chi connectivity index (χ0v) is 11.8. The van der Waals surface area contributed by atoms with Gasteiger partial charge in [-0.05, 0) is 19.1 Å². The summed E-state index contributed by atoms with van der Waals surface area (Å²) in [6.45, 7) is 4.41. The Labute approximate surface area is 121 Å². The van der Waals surface area contributed by atoms with Gasteiger partial charge in [-0.1, -0.05) is 6.07 Å². The standard InChI is InChI=1S/C15H16N4O2/c1-2-20-8-11-18-13-14-12-9(17-15(13)16)4-3-5-10(12)21-7-6-19(11)14/h3-5H,2,6-8H2,1H3,(H2,16,17). The number of aromatic nitrogens is 3. The molecule has 3 aromatic rings. The second-order valence-corrected chi connectivity index (χ2v) is 5.01. The number of nitrogens with two attached hydrogens (primary N) is 1. The molecule has 1 aliphatic heterocycles. The highest BCUT2D eigenvalue weighted by Gasteiger charge is 2.21. The first-order chi connectivity index (χ1) is 10.3. The van der Waals surface area contributed by atoms with Gasteiger partial charge in [-0.3, -0.25) is 0 Å². The highest BCUT2D eigenvalue weighted by Crippen LogP contribution is 2.36. The monoisotopic (exact) mass is 284 g/mol. The van der Waals surface area contributed by atoms with Crippen LogP contribution in [0.25, 0.3) is 21.9 Å². The fraction of sp³-hybridized carbons (Fsp3) is 0.333. The number of hydrogen-bond donors (Lipinski definition) is 1. The first-order valence-electron chi connectivity index (χ1n) is 7.07. The van der Waals surface area contributed by atoms with Crippen molar-refractivity contribution in [3.8, 4) is 5.75 Å². The van der Waals surface area contributed by atoms with Gasteiger partial charge in [-0.25, -0.2) is 9.97 Å². The van der Waals surface area contributed by atoms with E-state index in [-0.39, 0.29) is 0 Å². The maximum absolute atomic E-state index is 6.09. The Hall–Kier alpha value is -2.34. The number of anilines is 1. The number of rotatable bonds is 3. The molecule has 1 aromatic carbocycles. The molecule has 0 saturated carbocycles. The molecule has 0 aliphatic carbocycles. The minimum atomic E-state index is 0.452. The van der Waals surface area contributed by atoms with Crippen LogP contribution < -0.4 is 10.5 Å². The molecule has 6 nitrogen and oxygen atoms in total. The summed E-state index contributed by atoms with van der Waals surface area (Å²) in [5.74, 6) is 2.16. The van der Waals surface area contributed by atoms with Crippen molar-refractivity contribution >= 4 is 27.8 Å². The summed E-state index contributed by atoms with van der Waals surface area (Å²) in [7, 11) is 0. The molecule has 2 aromatic heterocycles. The van der Waals surface area contributed by atoms with Gasteiger partial charge in [0.1, 0.15) is 30.3 Å². The Bertz CT molecular complexity index is 841. The molecule has 4 rings (SSSR count). The first-order valence-corrected chi connectivity index (χ1v) is 7.07. The van der Waals surface area contributed by atoms with Gasteiger partial charge in [0.05, 0.1) is 23.0 Å². The molecule has 0 bridgehead atoms. The summed E-state index contributed by atoms with van der Waals surface area (Å²) in [5, 5.41) is 0.981. The summed E-state index contributed by atoms with van der Waals surface area (Å²) in [6, 6.07) is 5.84. The quantitative estimate of drug-likeness (QED) is 0.797. The van der Waals surface area contributed by atoms with E-state index in [9.17, 15) is 0 Å². The molecule has 0 radical (unpaired) electrons. The van der Waals surface area contributed by atoms with E-state index in [4.69, 9.17) is 15.2 Å². The van der Waals surface area contributed by atoms with Crippen molar-refractivity contribution in [2.45, 2.75) is 20.1 Å². The van der Waals surface area contributed by atoms with Crippen molar-refractivity contribution in [3.63, 3.8) is 0 Å². The van der Waals surface area contributed by atoms with E-state index in [2.05, 4.69) is 14.5 Å². The predicted molar refractivity (Wildman–Crippen MR) is 80.3 cm³/mol. The summed E-state index contributed by atoms with van der Waals surface area (Å²) in [5.41, 5.74) is 8.66. The molecular formula is C15H16N4O2. The van der Waals surface area contributed by atoms with E-state index in [0.29, 0.717) is 25.6 Å². The number of benzene rings is 1. The minimum Gasteiger partial charge on any atom is -0.491 e. The van der Waals surface area contributed by atoms with Gasteiger partial charge in [0, 0.05) is 6.61 Å². The maximum atomic E-state index is 6.09. The molecular weight excluding hydrogens is 268 g/mol. The summed E-state index contributed by atoms with van der Waals surface area (Å²) in [6.07, 6.45) is 0. The third kappa shape index (κ3) is 1.76. The molecule has 0 unspecified atom stereocenters. The Morgan fingerprint density at radius 3 is 3.14 bits per heavy atom. The van der Waals surface area contributed by atoms with Crippen LogP contribution in [0.5, 0.6) is 5.75 Å². The zero-order valence-electron chi connectivity index (χ0n) is 11.8. The second-order valence-electron chi connectivity index (χ2n) is 5.01. The SMILES string of the molecule is CCOCc1nc2c(N)nc3cccc4c3c2n1CCO4. The molecule has 2 N–H and O–H groups in total. The Morgan fingerprint density at radius 1 is 1.38 bits per heavy atom. The molecule has 0 atom stereocenters. The third-order valence-corrected chi connectivity index (χ3v) is 3.78. The van der Waals surface area contributed by atoms with Crippen LogP contribution in [0.4, 0.5) is 5.82 Å². The van der Waals surface area contributed by atoms with Crippen molar-refractivity contribution in [2.24, 2.45) is 0 Å². The molecule has 21 heavy (non-hydrogen) atoms. The van der Waals surface area contributed by atoms with Gasteiger partial charge >= 0.3 is 0 Å². The molecule has 6 heteroatoms. The van der Waals surface area contributed by atoms with Crippen LogP contribution in [0.3, 0.4) is 0 Å². The predicted octanol–water partition coefficient (Wildman–Crippen LogP) is 2.10. The fourth-order valence-corrected chi connectivity index (χ4v) is 2.88. The molecule has 108 valence electrons. The number of pyridine rings is 1. The van der Waals surface area contributed by atoms with Gasteiger partial charge in [-0.2, -0.15) is 0 Å². The van der Waals surface area contributed by atoms with Crippen LogP contribution in [0.15, 0.2) is 18.2 Å². The van der Waals surface area contributed by atoms with Crippen LogP contribution in [-0.2, 0) is 17.9 Å². The van der Waals surface area contributed by atoms with Gasteiger partial charge in [-0.15, -0.1) is 0 Å². The molecule has 0 fully saturated rings. The number of imidazole rings is 1. The fourth-order valence-electron chi connectivity index (χ4n) is 2.88. The average Bonchev–Trinajstić information content (AvgIpc) is 2.73. The van der Waals surface area contributed by atoms with E-state index in [1.165, 1.54) is 0 Å². The van der Waals surface area contributed by atoms with Crippen molar-refractivity contribution in [2.75, 3.05) is 18.9 Å². The van der Waals surface area contributed by atoms with Crippen LogP contribution in [0.1, 0.15) is 12.7 Å². The average molecular weight is 284 g/mol. The summed E-state index contributed by atoms with van der Waals surface area (Å²) in [4.78, 5) is 9.10. The number of nitrogen functional groups attached to an aromatic ring is 1. The van der Waals surface area contributed by atoms with Crippen LogP contribution in [0, 0.1) is 0 Å². The van der Waals surface area contributed by atoms with Gasteiger partial charge in [0.25, 0.3) is 0 Å². The van der Waals surface area contributed by atoms with Gasteiger partial charge in [0.15, 0.2) is 5.82 Å². The Morgan fingerprint density at radius 2 is 2.29 bits per heavy atom. The van der Waals surface area contributed by atoms with E-state index >= 15 is 0 Å². The highest BCUT2D eigenvalue weighted by molar-refractivity contribution is 6.09. The van der Waals surface area contributed by atoms with E-state index in [1.807, 2.05) is 25.1 Å². The number of ether oxygens (including phenoxy) is 2. The number of hydrogen-bond acceptors (Lipinski definition) is 5. The van der Waals surface area contributed by atoms with Crippen LogP contribution in [-0.4, -0.2) is 27.7 Å². The highest BCUT2D eigenvalue weighted by atomic mass is 16.5. The lowest BCUT2D eigenvalue weighted by Crippen LogP contribution is -2.10. The van der Waals surface area contributed by atoms with Crippen molar-refractivity contribution in [1.29, 1.82) is 0 Å². The first kappa shape index (κ1) is 12.4. The van der Waals surface area contributed by atoms with E-state index in [0.717, 1.165) is 40.1 Å². The molecule has 0 saturated heterocycles. The topological polar surface area (TPSA) is 75.2 Å². The van der Waals surface area contributed by atoms with E-state index < -0.39 is 0 Å². The third-order valence-electron chi connectivity index (χ3n) is 3.78. The van der Waals surface area contributed by atoms with Gasteiger partial charge in [0.2, 0.25) is 0 Å². The Kier molecular flexibility index (Phi) is 2.71. The number of nitrogens with zero attached hydrogens (tertiary/aromatic N) is 3. The molecule has 1 aliphatic rings. The smallest absolute Gasteiger partial charge is 0.152 e. The van der Waals surface area contributed by atoms with Crippen LogP contribution >= 0.6 is 0 Å². The summed E-state index contributed by atoms with van der Waals surface area (Å²) < 4.78 is 13.5. The normalized spacial score (nSPS) is 13.8. The molecule has 0 spiro atoms. The lowest BCUT2D eigenvalue weighted by atomic mass is 10.1. The minimum absolute atomic E-state index is 0.452. The lowest BCUT2D eigenvalue weighted by Gasteiger charge is -2.06. The molecule has 3 heterocycles. The summed E-state index contributed by atoms with van der Waals surface area (Å²) >= 11 is 0. The maximum Gasteiger partial charge on any atom is 0.152 e. The van der Waals surface area contributed by atoms with Crippen molar-refractivity contribution < 1.29 is 9.47 Å².